The molecule has 0 saturated heterocycles. The molecule has 1 aromatic carbocycles. The standard InChI is InChI=1S/C12H17BrN2O2/c1-3-10(12(15)16)17-11-5-4-8(13)6-9(11)7(2)14/h4-7,10H,3,14H2,1-2H3,(H2,15,16)/t7-,10?/m1/s1. The van der Waals surface area contributed by atoms with E-state index in [0.29, 0.717) is 12.2 Å². The van der Waals surface area contributed by atoms with Gasteiger partial charge in [-0.15, -0.1) is 0 Å². The average Bonchev–Trinajstić information content (AvgIpc) is 2.26. The third kappa shape index (κ3) is 3.71. The normalized spacial score (nSPS) is 14.1. The van der Waals surface area contributed by atoms with E-state index in [1.807, 2.05) is 26.0 Å². The van der Waals surface area contributed by atoms with E-state index >= 15 is 0 Å². The van der Waals surface area contributed by atoms with Crippen LogP contribution in [-0.2, 0) is 4.79 Å². The van der Waals surface area contributed by atoms with Crippen LogP contribution in [0.15, 0.2) is 22.7 Å². The topological polar surface area (TPSA) is 78.3 Å². The van der Waals surface area contributed by atoms with E-state index in [9.17, 15) is 4.79 Å². The smallest absolute Gasteiger partial charge is 0.258 e. The number of ether oxygens (including phenoxy) is 1. The van der Waals surface area contributed by atoms with Gasteiger partial charge in [-0.2, -0.15) is 0 Å². The number of benzene rings is 1. The van der Waals surface area contributed by atoms with E-state index in [4.69, 9.17) is 16.2 Å². The van der Waals surface area contributed by atoms with Gasteiger partial charge in [0.2, 0.25) is 0 Å². The number of carbonyl (C=O) groups is 1. The van der Waals surface area contributed by atoms with Crippen molar-refractivity contribution in [1.29, 1.82) is 0 Å². The summed E-state index contributed by atoms with van der Waals surface area (Å²) in [6, 6.07) is 5.34. The van der Waals surface area contributed by atoms with Gasteiger partial charge in [0.1, 0.15) is 5.75 Å². The molecule has 1 rings (SSSR count). The summed E-state index contributed by atoms with van der Waals surface area (Å²) in [4.78, 5) is 11.1. The van der Waals surface area contributed by atoms with Gasteiger partial charge >= 0.3 is 0 Å². The Balaban J connectivity index is 3.01. The largest absolute Gasteiger partial charge is 0.480 e. The quantitative estimate of drug-likeness (QED) is 0.874. The third-order valence-electron chi connectivity index (χ3n) is 2.42. The van der Waals surface area contributed by atoms with Crippen LogP contribution in [0.2, 0.25) is 0 Å². The van der Waals surface area contributed by atoms with Crippen molar-refractivity contribution in [2.45, 2.75) is 32.4 Å². The highest BCUT2D eigenvalue weighted by molar-refractivity contribution is 9.10. The maximum absolute atomic E-state index is 11.1. The minimum atomic E-state index is -0.617. The Bertz CT molecular complexity index is 407. The molecule has 0 aromatic heterocycles. The van der Waals surface area contributed by atoms with E-state index in [-0.39, 0.29) is 6.04 Å². The first kappa shape index (κ1) is 14.0. The summed E-state index contributed by atoms with van der Waals surface area (Å²) < 4.78 is 6.52. The van der Waals surface area contributed by atoms with E-state index in [1.165, 1.54) is 0 Å². The fourth-order valence-corrected chi connectivity index (χ4v) is 1.86. The van der Waals surface area contributed by atoms with Crippen molar-refractivity contribution in [3.63, 3.8) is 0 Å². The maximum atomic E-state index is 11.1. The summed E-state index contributed by atoms with van der Waals surface area (Å²) in [7, 11) is 0. The minimum absolute atomic E-state index is 0.173. The Morgan fingerprint density at radius 3 is 2.65 bits per heavy atom. The summed E-state index contributed by atoms with van der Waals surface area (Å²) >= 11 is 3.37. The number of carbonyl (C=O) groups excluding carboxylic acids is 1. The van der Waals surface area contributed by atoms with Gasteiger partial charge in [0.05, 0.1) is 0 Å². The van der Waals surface area contributed by atoms with E-state index < -0.39 is 12.0 Å². The van der Waals surface area contributed by atoms with Gasteiger partial charge in [0.15, 0.2) is 6.10 Å². The zero-order valence-corrected chi connectivity index (χ0v) is 11.5. The summed E-state index contributed by atoms with van der Waals surface area (Å²) in [6.45, 7) is 3.71. The molecule has 2 atom stereocenters. The first-order chi connectivity index (χ1) is 7.95. The molecule has 4 N–H and O–H groups in total. The Morgan fingerprint density at radius 1 is 1.53 bits per heavy atom. The second kappa shape index (κ2) is 6.02. The Kier molecular flexibility index (Phi) is 4.96. The first-order valence-corrected chi connectivity index (χ1v) is 6.26. The molecule has 0 aliphatic carbocycles. The van der Waals surface area contributed by atoms with Gasteiger partial charge in [0.25, 0.3) is 5.91 Å². The number of primary amides is 1. The third-order valence-corrected chi connectivity index (χ3v) is 2.91. The highest BCUT2D eigenvalue weighted by atomic mass is 79.9. The van der Waals surface area contributed by atoms with Gasteiger partial charge < -0.3 is 16.2 Å². The van der Waals surface area contributed by atoms with Crippen molar-refractivity contribution in [3.8, 4) is 5.75 Å². The van der Waals surface area contributed by atoms with Crippen molar-refractivity contribution < 1.29 is 9.53 Å². The van der Waals surface area contributed by atoms with Crippen LogP contribution < -0.4 is 16.2 Å². The molecule has 0 aliphatic heterocycles. The maximum Gasteiger partial charge on any atom is 0.258 e. The van der Waals surface area contributed by atoms with Crippen LogP contribution in [0.3, 0.4) is 0 Å². The molecule has 0 spiro atoms. The minimum Gasteiger partial charge on any atom is -0.480 e. The zero-order chi connectivity index (χ0) is 13.0. The lowest BCUT2D eigenvalue weighted by Gasteiger charge is -2.19. The van der Waals surface area contributed by atoms with Crippen molar-refractivity contribution in [2.24, 2.45) is 11.5 Å². The summed E-state index contributed by atoms with van der Waals surface area (Å²) in [5.74, 6) is 0.139. The predicted molar refractivity (Wildman–Crippen MR) is 70.6 cm³/mol. The van der Waals surface area contributed by atoms with E-state index in [0.717, 1.165) is 10.0 Å². The lowest BCUT2D eigenvalue weighted by Crippen LogP contribution is -2.33. The number of nitrogens with two attached hydrogens (primary N) is 2. The molecule has 0 saturated carbocycles. The molecular formula is C12H17BrN2O2. The van der Waals surface area contributed by atoms with Crippen LogP contribution in [0.25, 0.3) is 0 Å². The van der Waals surface area contributed by atoms with Gasteiger partial charge in [-0.05, 0) is 31.5 Å². The fourth-order valence-electron chi connectivity index (χ4n) is 1.48. The first-order valence-electron chi connectivity index (χ1n) is 5.46. The van der Waals surface area contributed by atoms with Gasteiger partial charge in [-0.1, -0.05) is 22.9 Å². The lowest BCUT2D eigenvalue weighted by molar-refractivity contribution is -0.124. The molecule has 1 aromatic rings. The highest BCUT2D eigenvalue weighted by Gasteiger charge is 2.17. The Labute approximate surface area is 109 Å². The molecule has 0 radical (unpaired) electrons. The highest BCUT2D eigenvalue weighted by Crippen LogP contribution is 2.28. The number of hydrogen-bond donors (Lipinski definition) is 2. The van der Waals surface area contributed by atoms with Crippen molar-refractivity contribution >= 4 is 21.8 Å². The molecule has 0 aliphatic rings. The van der Waals surface area contributed by atoms with Crippen LogP contribution >= 0.6 is 15.9 Å². The number of halogens is 1. The second-order valence-corrected chi connectivity index (χ2v) is 4.80. The molecule has 5 heteroatoms. The molecule has 0 bridgehead atoms. The number of hydrogen-bond acceptors (Lipinski definition) is 3. The summed E-state index contributed by atoms with van der Waals surface area (Å²) in [6.07, 6.45) is -0.0854. The molecular weight excluding hydrogens is 284 g/mol. The summed E-state index contributed by atoms with van der Waals surface area (Å²) in [5.41, 5.74) is 12.0. The SMILES string of the molecule is CCC(Oc1ccc(Br)cc1[C@@H](C)N)C(N)=O. The van der Waals surface area contributed by atoms with Crippen LogP contribution in [0.4, 0.5) is 0 Å². The van der Waals surface area contributed by atoms with Gasteiger partial charge in [-0.25, -0.2) is 0 Å². The van der Waals surface area contributed by atoms with Gasteiger partial charge in [-0.3, -0.25) is 4.79 Å². The van der Waals surface area contributed by atoms with E-state index in [1.54, 1.807) is 6.07 Å². The fraction of sp³-hybridized carbons (Fsp3) is 0.417. The van der Waals surface area contributed by atoms with Crippen LogP contribution in [0.1, 0.15) is 31.9 Å². The van der Waals surface area contributed by atoms with Crippen molar-refractivity contribution in [2.75, 3.05) is 0 Å². The average molecular weight is 301 g/mol. The molecule has 17 heavy (non-hydrogen) atoms. The molecule has 0 heterocycles. The van der Waals surface area contributed by atoms with Crippen LogP contribution in [-0.4, -0.2) is 12.0 Å². The van der Waals surface area contributed by atoms with Crippen LogP contribution in [0, 0.1) is 0 Å². The van der Waals surface area contributed by atoms with Gasteiger partial charge in [0, 0.05) is 16.1 Å². The van der Waals surface area contributed by atoms with Crippen molar-refractivity contribution in [1.82, 2.24) is 0 Å². The summed E-state index contributed by atoms with van der Waals surface area (Å²) in [5, 5.41) is 0. The van der Waals surface area contributed by atoms with Crippen LogP contribution in [0.5, 0.6) is 5.75 Å². The Morgan fingerprint density at radius 2 is 2.18 bits per heavy atom. The molecule has 1 unspecified atom stereocenters. The van der Waals surface area contributed by atoms with Crippen molar-refractivity contribution in [3.05, 3.63) is 28.2 Å². The number of amides is 1. The number of rotatable bonds is 5. The molecule has 0 fully saturated rings. The second-order valence-electron chi connectivity index (χ2n) is 3.89. The zero-order valence-electron chi connectivity index (χ0n) is 9.94. The predicted octanol–water partition coefficient (Wildman–Crippen LogP) is 2.11. The Hall–Kier alpha value is -1.07. The lowest BCUT2D eigenvalue weighted by atomic mass is 10.1. The molecule has 94 valence electrons. The molecule has 4 nitrogen and oxygen atoms in total. The molecule has 1 amide bonds. The van der Waals surface area contributed by atoms with E-state index in [2.05, 4.69) is 15.9 Å². The monoisotopic (exact) mass is 300 g/mol.